The zero-order valence-electron chi connectivity index (χ0n) is 21.4. The molecular formula is C27H36N4O5. The molecule has 2 aromatic rings. The summed E-state index contributed by atoms with van der Waals surface area (Å²) in [5.74, 6) is 0.409. The highest BCUT2D eigenvalue weighted by Crippen LogP contribution is 2.30. The molecule has 4 rings (SSSR count). The zero-order valence-corrected chi connectivity index (χ0v) is 21.4. The first-order chi connectivity index (χ1) is 17.4. The molecule has 36 heavy (non-hydrogen) atoms. The minimum absolute atomic E-state index is 0.0546. The summed E-state index contributed by atoms with van der Waals surface area (Å²) in [6.07, 6.45) is 6.28. The molecule has 1 saturated carbocycles. The second kappa shape index (κ2) is 11.1. The van der Waals surface area contributed by atoms with Crippen LogP contribution in [0.2, 0.25) is 0 Å². The van der Waals surface area contributed by atoms with Gasteiger partial charge < -0.3 is 24.4 Å². The van der Waals surface area contributed by atoms with Gasteiger partial charge in [0.15, 0.2) is 6.29 Å². The van der Waals surface area contributed by atoms with Crippen molar-refractivity contribution >= 4 is 34.9 Å². The maximum Gasteiger partial charge on any atom is 0.271 e. The Morgan fingerprint density at radius 3 is 2.36 bits per heavy atom. The number of ether oxygens (including phenoxy) is 1. The molecule has 1 N–H and O–H groups in total. The van der Waals surface area contributed by atoms with Crippen molar-refractivity contribution in [1.29, 1.82) is 0 Å². The number of aryl methyl sites for hydroxylation is 1. The van der Waals surface area contributed by atoms with Crippen LogP contribution in [0.15, 0.2) is 18.2 Å². The smallest absolute Gasteiger partial charge is 0.271 e. The highest BCUT2D eigenvalue weighted by Gasteiger charge is 2.36. The predicted octanol–water partition coefficient (Wildman–Crippen LogP) is 2.76. The van der Waals surface area contributed by atoms with Crippen molar-refractivity contribution in [3.63, 3.8) is 0 Å². The number of carbonyl (C=O) groups is 4. The van der Waals surface area contributed by atoms with Gasteiger partial charge in [0.05, 0.1) is 18.2 Å². The number of piperazine rings is 1. The van der Waals surface area contributed by atoms with Crippen LogP contribution in [0.5, 0.6) is 5.75 Å². The summed E-state index contributed by atoms with van der Waals surface area (Å²) in [4.78, 5) is 54.6. The third-order valence-electron chi connectivity index (χ3n) is 7.67. The molecular weight excluding hydrogens is 460 g/mol. The van der Waals surface area contributed by atoms with Gasteiger partial charge >= 0.3 is 0 Å². The monoisotopic (exact) mass is 496 g/mol. The van der Waals surface area contributed by atoms with Crippen LogP contribution in [0.25, 0.3) is 10.9 Å². The van der Waals surface area contributed by atoms with Crippen molar-refractivity contribution in [2.75, 3.05) is 33.3 Å². The Bertz CT molecular complexity index is 1140. The van der Waals surface area contributed by atoms with E-state index in [1.54, 1.807) is 47.6 Å². The number of hydrogen-bond donors (Lipinski definition) is 1. The standard InChI is InChI=1S/C27H36N4O5/c1-4-23(33)28-24(18-8-6-5-7-9-18)26(34)30-12-14-31(15-13-30)27(35)25-21(17-32)20-11-10-19(36-3)16-22(20)29(25)2/h10-11,16-18,24H,4-9,12-15H2,1-3H3,(H,28,33)/t24-/m0/s1. The fraction of sp³-hybridized carbons (Fsp3) is 0.556. The maximum atomic E-state index is 13.5. The SMILES string of the molecule is CCC(=O)N[C@H](C(=O)N1CCN(C(=O)c2c(C=O)c3ccc(OC)cc3n2C)CC1)C1CCCCC1. The van der Waals surface area contributed by atoms with E-state index >= 15 is 0 Å². The summed E-state index contributed by atoms with van der Waals surface area (Å²) < 4.78 is 7.04. The van der Waals surface area contributed by atoms with E-state index in [9.17, 15) is 19.2 Å². The number of aromatic nitrogens is 1. The van der Waals surface area contributed by atoms with Gasteiger partial charge in [-0.25, -0.2) is 0 Å². The van der Waals surface area contributed by atoms with Crippen LogP contribution < -0.4 is 10.1 Å². The molecule has 0 spiro atoms. The van der Waals surface area contributed by atoms with Crippen LogP contribution in [0.1, 0.15) is 66.3 Å². The minimum atomic E-state index is -0.505. The van der Waals surface area contributed by atoms with E-state index in [1.165, 1.54) is 6.42 Å². The summed E-state index contributed by atoms with van der Waals surface area (Å²) in [5.41, 5.74) is 1.44. The summed E-state index contributed by atoms with van der Waals surface area (Å²) >= 11 is 0. The van der Waals surface area contributed by atoms with Crippen LogP contribution >= 0.6 is 0 Å². The minimum Gasteiger partial charge on any atom is -0.497 e. The topological polar surface area (TPSA) is 101 Å². The molecule has 1 aliphatic heterocycles. The number of aldehydes is 1. The second-order valence-corrected chi connectivity index (χ2v) is 9.74. The van der Waals surface area contributed by atoms with Gasteiger partial charge in [0, 0.05) is 51.1 Å². The van der Waals surface area contributed by atoms with E-state index in [0.29, 0.717) is 55.0 Å². The predicted molar refractivity (Wildman–Crippen MR) is 136 cm³/mol. The average molecular weight is 497 g/mol. The number of hydrogen-bond acceptors (Lipinski definition) is 5. The van der Waals surface area contributed by atoms with E-state index < -0.39 is 6.04 Å². The Morgan fingerprint density at radius 2 is 1.75 bits per heavy atom. The maximum absolute atomic E-state index is 13.5. The van der Waals surface area contributed by atoms with Gasteiger partial charge in [-0.1, -0.05) is 26.2 Å². The van der Waals surface area contributed by atoms with Gasteiger partial charge in [-0.15, -0.1) is 0 Å². The third-order valence-corrected chi connectivity index (χ3v) is 7.67. The number of nitrogens with zero attached hydrogens (tertiary/aromatic N) is 3. The van der Waals surface area contributed by atoms with E-state index in [2.05, 4.69) is 5.32 Å². The van der Waals surface area contributed by atoms with Gasteiger partial charge in [-0.3, -0.25) is 19.2 Å². The lowest BCUT2D eigenvalue weighted by Crippen LogP contribution is -2.58. The van der Waals surface area contributed by atoms with Gasteiger partial charge in [-0.05, 0) is 30.9 Å². The molecule has 1 atom stereocenters. The first-order valence-electron chi connectivity index (χ1n) is 12.9. The molecule has 9 heteroatoms. The highest BCUT2D eigenvalue weighted by molar-refractivity contribution is 6.10. The van der Waals surface area contributed by atoms with E-state index in [4.69, 9.17) is 4.74 Å². The van der Waals surface area contributed by atoms with E-state index in [0.717, 1.165) is 37.5 Å². The van der Waals surface area contributed by atoms with Gasteiger partial charge in [0.25, 0.3) is 5.91 Å². The Hall–Kier alpha value is -3.36. The number of benzene rings is 1. The summed E-state index contributed by atoms with van der Waals surface area (Å²) in [7, 11) is 3.34. The fourth-order valence-electron chi connectivity index (χ4n) is 5.55. The number of nitrogens with one attached hydrogen (secondary N) is 1. The van der Waals surface area contributed by atoms with Crippen molar-refractivity contribution in [3.05, 3.63) is 29.5 Å². The van der Waals surface area contributed by atoms with Crippen LogP contribution in [0, 0.1) is 5.92 Å². The summed E-state index contributed by atoms with van der Waals surface area (Å²) in [6, 6.07) is 4.87. The van der Waals surface area contributed by atoms with Crippen LogP contribution in [0.3, 0.4) is 0 Å². The molecule has 9 nitrogen and oxygen atoms in total. The molecule has 2 aliphatic rings. The quantitative estimate of drug-likeness (QED) is 0.594. The van der Waals surface area contributed by atoms with Crippen LogP contribution in [-0.4, -0.2) is 77.7 Å². The number of fused-ring (bicyclic) bond motifs is 1. The van der Waals surface area contributed by atoms with Gasteiger partial charge in [-0.2, -0.15) is 0 Å². The fourth-order valence-corrected chi connectivity index (χ4v) is 5.55. The number of carbonyl (C=O) groups excluding carboxylic acids is 4. The Balaban J connectivity index is 1.49. The number of methoxy groups -OCH3 is 1. The molecule has 1 aliphatic carbocycles. The Labute approximate surface area is 211 Å². The van der Waals surface area contributed by atoms with Gasteiger partial charge in [0.2, 0.25) is 11.8 Å². The lowest BCUT2D eigenvalue weighted by atomic mass is 9.83. The molecule has 0 bridgehead atoms. The van der Waals surface area contributed by atoms with Crippen molar-refractivity contribution in [1.82, 2.24) is 19.7 Å². The Morgan fingerprint density at radius 1 is 1.08 bits per heavy atom. The molecule has 0 radical (unpaired) electrons. The zero-order chi connectivity index (χ0) is 25.8. The normalized spacial score (nSPS) is 17.6. The molecule has 1 saturated heterocycles. The first-order valence-corrected chi connectivity index (χ1v) is 12.9. The van der Waals surface area contributed by atoms with Crippen molar-refractivity contribution in [2.45, 2.75) is 51.5 Å². The number of amides is 3. The van der Waals surface area contributed by atoms with Gasteiger partial charge in [0.1, 0.15) is 17.5 Å². The molecule has 2 fully saturated rings. The van der Waals surface area contributed by atoms with Crippen molar-refractivity contribution in [2.24, 2.45) is 13.0 Å². The van der Waals surface area contributed by atoms with Crippen molar-refractivity contribution < 1.29 is 23.9 Å². The molecule has 2 heterocycles. The van der Waals surface area contributed by atoms with Crippen LogP contribution in [0.4, 0.5) is 0 Å². The van der Waals surface area contributed by atoms with E-state index in [-0.39, 0.29) is 23.6 Å². The molecule has 1 aromatic heterocycles. The molecule has 3 amide bonds. The van der Waals surface area contributed by atoms with Crippen LogP contribution in [-0.2, 0) is 16.6 Å². The lowest BCUT2D eigenvalue weighted by molar-refractivity contribution is -0.139. The summed E-state index contributed by atoms with van der Waals surface area (Å²) in [6.45, 7) is 3.31. The molecule has 1 aromatic carbocycles. The third kappa shape index (κ3) is 4.96. The summed E-state index contributed by atoms with van der Waals surface area (Å²) in [5, 5.41) is 3.68. The molecule has 0 unspecified atom stereocenters. The van der Waals surface area contributed by atoms with E-state index in [1.807, 2.05) is 6.07 Å². The Kier molecular flexibility index (Phi) is 7.96. The second-order valence-electron chi connectivity index (χ2n) is 9.74. The lowest BCUT2D eigenvalue weighted by Gasteiger charge is -2.39. The molecule has 194 valence electrons. The average Bonchev–Trinajstić information content (AvgIpc) is 3.21. The largest absolute Gasteiger partial charge is 0.497 e. The van der Waals surface area contributed by atoms with Crippen molar-refractivity contribution in [3.8, 4) is 5.75 Å². The highest BCUT2D eigenvalue weighted by atomic mass is 16.5. The number of rotatable bonds is 7. The first kappa shape index (κ1) is 25.7.